The minimum Gasteiger partial charge on any atom is -0.381 e. The Bertz CT molecular complexity index is 185. The molecule has 1 aliphatic heterocycles. The fraction of sp³-hybridized carbons (Fsp3) is 0.857. The Morgan fingerprint density at radius 3 is 2.62 bits per heavy atom. The maximum absolute atomic E-state index is 10.7. The third kappa shape index (κ3) is 3.02. The van der Waals surface area contributed by atoms with Crippen LogP contribution in [0.4, 0.5) is 0 Å². The van der Waals surface area contributed by atoms with E-state index in [1.165, 1.54) is 0 Å². The molecule has 5 N–H and O–H groups in total. The lowest BCUT2D eigenvalue weighted by Gasteiger charge is -2.35. The Kier molecular flexibility index (Phi) is 5.06. The third-order valence-corrected chi connectivity index (χ3v) is 3.43. The Balaban J connectivity index is 0.00000144. The zero-order valence-electron chi connectivity index (χ0n) is 7.23. The van der Waals surface area contributed by atoms with E-state index in [1.54, 1.807) is 11.8 Å². The highest BCUT2D eigenvalue weighted by atomic mass is 35.5. The van der Waals surface area contributed by atoms with Gasteiger partial charge in [-0.15, -0.1) is 12.4 Å². The predicted octanol–water partition coefficient (Wildman–Crippen LogP) is -0.521. The Hall–Kier alpha value is 0.0300. The number of carbonyl (C=O) groups is 1. The van der Waals surface area contributed by atoms with Gasteiger partial charge >= 0.3 is 0 Å². The van der Waals surface area contributed by atoms with E-state index in [-0.39, 0.29) is 12.4 Å². The molecule has 1 fully saturated rings. The summed E-state index contributed by atoms with van der Waals surface area (Å²) in [6, 6.07) is 0. The van der Waals surface area contributed by atoms with Gasteiger partial charge < -0.3 is 16.6 Å². The van der Waals surface area contributed by atoms with Crippen LogP contribution < -0.4 is 11.5 Å². The minimum absolute atomic E-state index is 0. The third-order valence-electron chi connectivity index (χ3n) is 2.12. The van der Waals surface area contributed by atoms with Gasteiger partial charge in [-0.1, -0.05) is 0 Å². The topological polar surface area (TPSA) is 89.3 Å². The molecule has 0 aromatic rings. The SMILES string of the molecule is Cl.NC(=O)C(O)C1(N)CCCSC1. The van der Waals surface area contributed by atoms with Crippen LogP contribution in [0.1, 0.15) is 12.8 Å². The van der Waals surface area contributed by atoms with Crippen molar-refractivity contribution in [2.45, 2.75) is 24.5 Å². The van der Waals surface area contributed by atoms with Crippen molar-refractivity contribution in [3.8, 4) is 0 Å². The summed E-state index contributed by atoms with van der Waals surface area (Å²) in [6.45, 7) is 0. The van der Waals surface area contributed by atoms with Crippen LogP contribution >= 0.6 is 24.2 Å². The highest BCUT2D eigenvalue weighted by Gasteiger charge is 2.38. The number of aliphatic hydroxyl groups is 1. The number of hydrogen-bond acceptors (Lipinski definition) is 4. The van der Waals surface area contributed by atoms with Gasteiger partial charge in [-0.25, -0.2) is 0 Å². The fourth-order valence-corrected chi connectivity index (χ4v) is 2.51. The molecule has 1 saturated heterocycles. The van der Waals surface area contributed by atoms with Gasteiger partial charge in [0.25, 0.3) is 0 Å². The molecule has 0 bridgehead atoms. The molecule has 1 aliphatic rings. The predicted molar refractivity (Wildman–Crippen MR) is 55.9 cm³/mol. The molecule has 4 nitrogen and oxygen atoms in total. The van der Waals surface area contributed by atoms with Crippen LogP contribution in [0.15, 0.2) is 0 Å². The summed E-state index contributed by atoms with van der Waals surface area (Å²) >= 11 is 1.65. The van der Waals surface area contributed by atoms with E-state index >= 15 is 0 Å². The Morgan fingerprint density at radius 1 is 1.62 bits per heavy atom. The van der Waals surface area contributed by atoms with E-state index in [0.29, 0.717) is 12.2 Å². The first-order chi connectivity index (χ1) is 5.56. The first-order valence-electron chi connectivity index (χ1n) is 3.90. The van der Waals surface area contributed by atoms with E-state index in [9.17, 15) is 9.90 Å². The molecule has 6 heteroatoms. The molecule has 2 unspecified atom stereocenters. The number of hydrogen-bond donors (Lipinski definition) is 3. The van der Waals surface area contributed by atoms with Crippen molar-refractivity contribution < 1.29 is 9.90 Å². The summed E-state index contributed by atoms with van der Waals surface area (Å²) in [5, 5.41) is 9.40. The van der Waals surface area contributed by atoms with Crippen LogP contribution in [0.2, 0.25) is 0 Å². The van der Waals surface area contributed by atoms with Gasteiger partial charge in [0.05, 0.1) is 5.54 Å². The summed E-state index contributed by atoms with van der Waals surface area (Å²) in [5.74, 6) is 0.932. The Morgan fingerprint density at radius 2 is 2.23 bits per heavy atom. The molecule has 78 valence electrons. The van der Waals surface area contributed by atoms with Crippen LogP contribution in [-0.2, 0) is 4.79 Å². The highest BCUT2D eigenvalue weighted by Crippen LogP contribution is 2.27. The van der Waals surface area contributed by atoms with Crippen molar-refractivity contribution >= 4 is 30.1 Å². The lowest BCUT2D eigenvalue weighted by Crippen LogP contribution is -2.59. The van der Waals surface area contributed by atoms with Gasteiger partial charge in [0.15, 0.2) is 6.10 Å². The van der Waals surface area contributed by atoms with Crippen LogP contribution in [0.5, 0.6) is 0 Å². The van der Waals surface area contributed by atoms with Crippen molar-refractivity contribution in [1.29, 1.82) is 0 Å². The zero-order chi connectivity index (χ0) is 9.19. The molecule has 2 atom stereocenters. The summed E-state index contributed by atoms with van der Waals surface area (Å²) < 4.78 is 0. The number of thioether (sulfide) groups is 1. The zero-order valence-corrected chi connectivity index (χ0v) is 8.87. The lowest BCUT2D eigenvalue weighted by molar-refractivity contribution is -0.129. The summed E-state index contributed by atoms with van der Waals surface area (Å²) in [5.41, 5.74) is 10.0. The summed E-state index contributed by atoms with van der Waals surface area (Å²) in [7, 11) is 0. The lowest BCUT2D eigenvalue weighted by atomic mass is 9.90. The molecule has 0 aromatic carbocycles. The maximum Gasteiger partial charge on any atom is 0.248 e. The number of carbonyl (C=O) groups excluding carboxylic acids is 1. The summed E-state index contributed by atoms with van der Waals surface area (Å²) in [6.07, 6.45) is 0.403. The number of primary amides is 1. The smallest absolute Gasteiger partial charge is 0.248 e. The number of aliphatic hydroxyl groups excluding tert-OH is 1. The van der Waals surface area contributed by atoms with E-state index in [0.717, 1.165) is 12.2 Å². The normalized spacial score (nSPS) is 30.3. The fourth-order valence-electron chi connectivity index (χ4n) is 1.34. The van der Waals surface area contributed by atoms with Gasteiger partial charge in [-0.05, 0) is 18.6 Å². The molecule has 0 aromatic heterocycles. The van der Waals surface area contributed by atoms with Crippen molar-refractivity contribution in [1.82, 2.24) is 0 Å². The van der Waals surface area contributed by atoms with Crippen LogP contribution in [0.3, 0.4) is 0 Å². The van der Waals surface area contributed by atoms with Gasteiger partial charge in [-0.2, -0.15) is 11.8 Å². The van der Waals surface area contributed by atoms with E-state index in [4.69, 9.17) is 11.5 Å². The molecule has 1 heterocycles. The van der Waals surface area contributed by atoms with E-state index in [1.807, 2.05) is 0 Å². The van der Waals surface area contributed by atoms with Gasteiger partial charge in [0.1, 0.15) is 0 Å². The molecule has 1 amide bonds. The standard InChI is InChI=1S/C7H14N2O2S.ClH/c8-6(11)5(10)7(9)2-1-3-12-4-7;/h5,10H,1-4,9H2,(H2,8,11);1H. The first kappa shape index (κ1) is 13.0. The number of amides is 1. The maximum atomic E-state index is 10.7. The minimum atomic E-state index is -1.20. The average Bonchev–Trinajstić information content (AvgIpc) is 2.04. The average molecular weight is 227 g/mol. The monoisotopic (exact) mass is 226 g/mol. The van der Waals surface area contributed by atoms with Crippen LogP contribution in [0, 0.1) is 0 Å². The molecular formula is C7H15ClN2O2S. The molecule has 0 radical (unpaired) electrons. The van der Waals surface area contributed by atoms with E-state index in [2.05, 4.69) is 0 Å². The van der Waals surface area contributed by atoms with Gasteiger partial charge in [0.2, 0.25) is 5.91 Å². The molecule has 0 aliphatic carbocycles. The highest BCUT2D eigenvalue weighted by molar-refractivity contribution is 7.99. The molecule has 0 spiro atoms. The first-order valence-corrected chi connectivity index (χ1v) is 5.06. The van der Waals surface area contributed by atoms with Crippen LogP contribution in [-0.4, -0.2) is 34.2 Å². The van der Waals surface area contributed by atoms with Gasteiger partial charge in [0, 0.05) is 5.75 Å². The molecule has 0 saturated carbocycles. The van der Waals surface area contributed by atoms with Crippen molar-refractivity contribution in [2.75, 3.05) is 11.5 Å². The number of rotatable bonds is 2. The quantitative estimate of drug-likeness (QED) is 0.591. The number of halogens is 1. The van der Waals surface area contributed by atoms with E-state index < -0.39 is 17.6 Å². The largest absolute Gasteiger partial charge is 0.381 e. The van der Waals surface area contributed by atoms with Crippen LogP contribution in [0.25, 0.3) is 0 Å². The second-order valence-electron chi connectivity index (χ2n) is 3.19. The van der Waals surface area contributed by atoms with Gasteiger partial charge in [-0.3, -0.25) is 4.79 Å². The second kappa shape index (κ2) is 5.05. The summed E-state index contributed by atoms with van der Waals surface area (Å²) in [4.78, 5) is 10.7. The van der Waals surface area contributed by atoms with Crippen molar-refractivity contribution in [3.63, 3.8) is 0 Å². The molecule has 1 rings (SSSR count). The second-order valence-corrected chi connectivity index (χ2v) is 4.30. The molecule has 13 heavy (non-hydrogen) atoms. The number of nitrogens with two attached hydrogens (primary N) is 2. The molecular weight excluding hydrogens is 212 g/mol. The van der Waals surface area contributed by atoms with Crippen molar-refractivity contribution in [2.24, 2.45) is 11.5 Å². The Labute approximate surface area is 87.8 Å². The van der Waals surface area contributed by atoms with Crippen molar-refractivity contribution in [3.05, 3.63) is 0 Å².